The van der Waals surface area contributed by atoms with E-state index in [9.17, 15) is 0 Å². The molecule has 4 heavy (non-hydrogen) atoms. The van der Waals surface area contributed by atoms with Gasteiger partial charge in [0.25, 0.3) is 0 Å². The van der Waals surface area contributed by atoms with Crippen LogP contribution in [0.2, 0.25) is 0 Å². The van der Waals surface area contributed by atoms with Crippen LogP contribution in [0, 0.1) is 0 Å². The first-order valence-corrected chi connectivity index (χ1v) is 1.79. The minimum Gasteiger partial charge on any atom is 0 e. The molecule has 0 N–H and O–H groups in total. The topological polar surface area (TPSA) is 0 Å². The van der Waals surface area contributed by atoms with Crippen LogP contribution < -0.4 is 0 Å². The molecule has 3 radical (unpaired) electrons. The Morgan fingerprint density at radius 3 is 1.25 bits per heavy atom. The molecule has 0 aliphatic carbocycles. The van der Waals surface area contributed by atoms with Crippen LogP contribution in [0.3, 0.4) is 0 Å². The van der Waals surface area contributed by atoms with E-state index >= 15 is 0 Å². The zero-order valence-electron chi connectivity index (χ0n) is 1.92. The number of hydrogen-bond acceptors (Lipinski definition) is 1. The second kappa shape index (κ2) is 19.0. The molecule has 0 bridgehead atoms. The quantitative estimate of drug-likeness (QED) is 0.572. The van der Waals surface area contributed by atoms with E-state index in [1.807, 2.05) is 0 Å². The molecule has 0 aliphatic rings. The molecule has 0 saturated carbocycles. The van der Waals surface area contributed by atoms with E-state index in [4.69, 9.17) is 0 Å². The first-order chi connectivity index (χ1) is 1.00. The van der Waals surface area contributed by atoms with Crippen LogP contribution in [-0.2, 0) is 33.9 Å². The Morgan fingerprint density at radius 2 is 1.25 bits per heavy atom. The van der Waals surface area contributed by atoms with Gasteiger partial charge in [0, 0.05) is 43.9 Å². The molecule has 0 aromatic heterocycles. The summed E-state index contributed by atoms with van der Waals surface area (Å²) < 4.78 is 0. The van der Waals surface area contributed by atoms with Crippen LogP contribution in [0.1, 0.15) is 0 Å². The Labute approximate surface area is 68.0 Å². The van der Waals surface area contributed by atoms with Gasteiger partial charge in [-0.2, -0.15) is 0 Å². The summed E-state index contributed by atoms with van der Waals surface area (Å²) >= 11 is 2.83. The summed E-state index contributed by atoms with van der Waals surface area (Å²) in [6, 6.07) is 0. The maximum Gasteiger partial charge on any atom is 0 e. The third-order valence-electron chi connectivity index (χ3n) is 0. The van der Waals surface area contributed by atoms with E-state index in [1.54, 1.807) is 0 Å². The van der Waals surface area contributed by atoms with Gasteiger partial charge in [0.15, 0.2) is 0 Å². The van der Waals surface area contributed by atoms with Gasteiger partial charge in [-0.05, 0) is 0 Å². The van der Waals surface area contributed by atoms with Crippen LogP contribution in [0.5, 0.6) is 0 Å². The van der Waals surface area contributed by atoms with Gasteiger partial charge >= 0.3 is 24.9 Å². The monoisotopic (exact) mass is 273 g/mol. The van der Waals surface area contributed by atoms with Gasteiger partial charge in [-0.15, -0.1) is 0 Å². The third kappa shape index (κ3) is 8.89. The summed E-state index contributed by atoms with van der Waals surface area (Å²) in [6.07, 6.45) is 0. The molecule has 0 heterocycles. The molecule has 0 atom stereocenters. The molecule has 0 saturated heterocycles. The molecule has 0 aromatic carbocycles. The predicted molar refractivity (Wildman–Crippen MR) is 13.3 cm³/mol. The zero-order chi connectivity index (χ0) is 2.00. The van der Waals surface area contributed by atoms with Crippen molar-refractivity contribution in [2.45, 2.75) is 0 Å². The predicted octanol–water partition coefficient (Wildman–Crippen LogP) is 0.262. The summed E-state index contributed by atoms with van der Waals surface area (Å²) in [6.45, 7) is 0. The van der Waals surface area contributed by atoms with E-state index in [0.29, 0.717) is 0 Å². The third-order valence-corrected chi connectivity index (χ3v) is 0. The molecule has 0 spiro atoms. The number of rotatable bonds is 0. The van der Waals surface area contributed by atoms with Crippen LogP contribution >= 0.6 is 10.6 Å². The van der Waals surface area contributed by atoms with Crippen LogP contribution in [-0.4, -0.2) is 24.4 Å². The molecule has 0 aliphatic heterocycles. The second-order valence-electron chi connectivity index (χ2n) is 0. The van der Waals surface area contributed by atoms with Crippen molar-refractivity contribution in [3.8, 4) is 0 Å². The average Bonchev–Trinajstić information content (AvgIpc) is 1.00. The normalized spacial score (nSPS) is 1.25. The van der Waals surface area contributed by atoms with Gasteiger partial charge < -0.3 is 0 Å². The second-order valence-corrected chi connectivity index (χ2v) is 0. The van der Waals surface area contributed by atoms with Crippen LogP contribution in [0.15, 0.2) is 0 Å². The van der Waals surface area contributed by atoms with Gasteiger partial charge in [-0.1, -0.05) is 0 Å². The Morgan fingerprint density at radius 1 is 1.25 bits per heavy atom. The Bertz CT molecular complexity index is 8.00. The Hall–Kier alpha value is 2.18. The minimum absolute atomic E-state index is 0. The van der Waals surface area contributed by atoms with Gasteiger partial charge in [0.2, 0.25) is 0 Å². The Kier molecular flexibility index (Phi) is 78.0. The molecular weight excluding hydrogens is 275 g/mol. The summed E-state index contributed by atoms with van der Waals surface area (Å²) in [5.41, 5.74) is 0. The molecule has 0 amide bonds. The fourth-order valence-electron chi connectivity index (χ4n) is 0. The van der Waals surface area contributed by atoms with Crippen molar-refractivity contribution < 1.29 is 33.9 Å². The summed E-state index contributed by atoms with van der Waals surface area (Å²) in [5, 5.41) is 0. The summed E-state index contributed by atoms with van der Waals surface area (Å²) in [7, 11) is 3.83. The van der Waals surface area contributed by atoms with E-state index in [1.165, 1.54) is 0 Å². The largest absolute Gasteiger partial charge is 0 e. The molecule has 21 valence electrons. The molecule has 0 rings (SSSR count). The molecule has 0 fully saturated rings. The van der Waals surface area contributed by atoms with E-state index in [-0.39, 0.29) is 43.9 Å². The minimum atomic E-state index is 0. The Balaban J connectivity index is -0.00000000500. The van der Waals surface area contributed by atoms with E-state index in [0.717, 1.165) is 0 Å². The van der Waals surface area contributed by atoms with Crippen molar-refractivity contribution in [2.24, 2.45) is 0 Å². The van der Waals surface area contributed by atoms with Gasteiger partial charge in [0.05, 0.1) is 0 Å². The fraction of sp³-hybridized carbons (Fsp3) is 0. The van der Waals surface area contributed by atoms with Crippen LogP contribution in [0.25, 0.3) is 0 Å². The molecule has 0 nitrogen and oxygen atoms in total. The fourth-order valence-corrected chi connectivity index (χ4v) is 0. The van der Waals surface area contributed by atoms with Crippen molar-refractivity contribution >= 4 is 35.0 Å². The average molecular weight is 275 g/mol. The van der Waals surface area contributed by atoms with Gasteiger partial charge in [0.1, 0.15) is 0 Å². The van der Waals surface area contributed by atoms with Crippen LogP contribution in [0.4, 0.5) is 0 Å². The zero-order valence-corrected chi connectivity index (χ0v) is 9.36. The van der Waals surface area contributed by atoms with Crippen molar-refractivity contribution in [3.63, 3.8) is 0 Å². The first-order valence-electron chi connectivity index (χ1n) is 0.144. The van der Waals surface area contributed by atoms with E-state index < -0.39 is 0 Å². The van der Waals surface area contributed by atoms with Crippen molar-refractivity contribution in [1.29, 1.82) is 0 Å². The van der Waals surface area contributed by atoms with Gasteiger partial charge in [-0.3, -0.25) is 0 Å². The summed E-state index contributed by atoms with van der Waals surface area (Å²) in [5.74, 6) is 0. The molecular formula is FeSSbZn. The maximum absolute atomic E-state index is 3.83. The molecule has 0 aromatic rings. The van der Waals surface area contributed by atoms with Crippen molar-refractivity contribution in [1.82, 2.24) is 0 Å². The smallest absolute Gasteiger partial charge is 0 e. The standard InChI is InChI=1S/Fe.S.Sb.Zn. The molecule has 0 unspecified atom stereocenters. The SMILES string of the molecule is [S]=[Fe].[Sb].[Zn]. The van der Waals surface area contributed by atoms with Crippen molar-refractivity contribution in [3.05, 3.63) is 0 Å². The van der Waals surface area contributed by atoms with Crippen molar-refractivity contribution in [2.75, 3.05) is 0 Å². The maximum atomic E-state index is 3.83. The molecule has 4 heteroatoms. The first kappa shape index (κ1) is 16.4. The van der Waals surface area contributed by atoms with E-state index in [2.05, 4.69) is 24.9 Å². The van der Waals surface area contributed by atoms with Gasteiger partial charge in [-0.25, -0.2) is 0 Å². The summed E-state index contributed by atoms with van der Waals surface area (Å²) in [4.78, 5) is 0. The number of hydrogen-bond donors (Lipinski definition) is 0.